The maximum absolute atomic E-state index is 14.0. The summed E-state index contributed by atoms with van der Waals surface area (Å²) in [6, 6.07) is 6.19. The largest absolute Gasteiger partial charge is 0.329 e. The number of thiazole rings is 1. The number of thioether (sulfide) groups is 1. The molecule has 0 bridgehead atoms. The zero-order valence-corrected chi connectivity index (χ0v) is 14.8. The van der Waals surface area contributed by atoms with Gasteiger partial charge in [0.1, 0.15) is 5.82 Å². The summed E-state index contributed by atoms with van der Waals surface area (Å²) >= 11 is 2.88. The van der Waals surface area contributed by atoms with E-state index in [1.807, 2.05) is 23.2 Å². The van der Waals surface area contributed by atoms with Crippen molar-refractivity contribution in [2.75, 3.05) is 4.90 Å². The summed E-state index contributed by atoms with van der Waals surface area (Å²) in [7, 11) is 1.93. The molecule has 3 rings (SSSR count). The molecule has 3 aromatic rings. The van der Waals surface area contributed by atoms with Crippen LogP contribution in [0.1, 0.15) is 12.6 Å². The van der Waals surface area contributed by atoms with Gasteiger partial charge >= 0.3 is 0 Å². The Morgan fingerprint density at radius 1 is 1.42 bits per heavy atom. The smallest absolute Gasteiger partial charge is 0.230 e. The summed E-state index contributed by atoms with van der Waals surface area (Å²) in [4.78, 5) is 22.0. The number of imidazole rings is 1. The van der Waals surface area contributed by atoms with E-state index < -0.39 is 5.82 Å². The first-order valence-corrected chi connectivity index (χ1v) is 9.02. The van der Waals surface area contributed by atoms with Crippen molar-refractivity contribution in [3.8, 4) is 0 Å². The number of nitrogens with zero attached hydrogens (tertiary/aromatic N) is 4. The lowest BCUT2D eigenvalue weighted by molar-refractivity contribution is -0.115. The van der Waals surface area contributed by atoms with Crippen LogP contribution in [0.25, 0.3) is 0 Å². The maximum atomic E-state index is 14.0. The summed E-state index contributed by atoms with van der Waals surface area (Å²) in [6.45, 7) is 1.40. The molecule has 0 saturated heterocycles. The molecule has 24 heavy (non-hydrogen) atoms. The zero-order chi connectivity index (χ0) is 17.1. The van der Waals surface area contributed by atoms with E-state index in [1.54, 1.807) is 36.2 Å². The highest BCUT2D eigenvalue weighted by molar-refractivity contribution is 7.98. The predicted octanol–water partition coefficient (Wildman–Crippen LogP) is 3.99. The van der Waals surface area contributed by atoms with Crippen LogP contribution in [0, 0.1) is 5.82 Å². The van der Waals surface area contributed by atoms with E-state index in [4.69, 9.17) is 0 Å². The Balaban J connectivity index is 1.81. The molecular weight excluding hydrogens is 347 g/mol. The molecular formula is C16H15FN4OS2. The summed E-state index contributed by atoms with van der Waals surface area (Å²) in [6.07, 6.45) is 3.62. The Morgan fingerprint density at radius 2 is 2.21 bits per heavy atom. The number of aromatic nitrogens is 3. The van der Waals surface area contributed by atoms with Crippen molar-refractivity contribution >= 4 is 39.8 Å². The first-order valence-electron chi connectivity index (χ1n) is 7.16. The average Bonchev–Trinajstić information content (AvgIpc) is 3.16. The van der Waals surface area contributed by atoms with E-state index in [0.717, 1.165) is 10.9 Å². The van der Waals surface area contributed by atoms with Gasteiger partial charge in [0.25, 0.3) is 0 Å². The normalized spacial score (nSPS) is 10.8. The number of carbonyl (C=O) groups is 1. The summed E-state index contributed by atoms with van der Waals surface area (Å²) in [5, 5.41) is 3.23. The van der Waals surface area contributed by atoms with E-state index in [9.17, 15) is 9.18 Å². The van der Waals surface area contributed by atoms with E-state index >= 15 is 0 Å². The van der Waals surface area contributed by atoms with E-state index in [1.165, 1.54) is 29.2 Å². The van der Waals surface area contributed by atoms with Crippen molar-refractivity contribution in [1.29, 1.82) is 0 Å². The number of aryl methyl sites for hydroxylation is 1. The third kappa shape index (κ3) is 3.49. The van der Waals surface area contributed by atoms with Crippen molar-refractivity contribution in [2.45, 2.75) is 17.8 Å². The molecule has 0 N–H and O–H groups in total. The minimum Gasteiger partial charge on any atom is -0.329 e. The highest BCUT2D eigenvalue weighted by Gasteiger charge is 2.20. The molecule has 0 unspecified atom stereocenters. The number of amides is 1. The summed E-state index contributed by atoms with van der Waals surface area (Å²) in [5.41, 5.74) is 1.04. The minimum absolute atomic E-state index is 0.211. The van der Waals surface area contributed by atoms with Gasteiger partial charge in [-0.1, -0.05) is 23.9 Å². The monoisotopic (exact) mass is 362 g/mol. The number of hydrogen-bond donors (Lipinski definition) is 0. The lowest BCUT2D eigenvalue weighted by atomic mass is 10.3. The highest BCUT2D eigenvalue weighted by atomic mass is 32.2. The third-order valence-electron chi connectivity index (χ3n) is 3.27. The van der Waals surface area contributed by atoms with Crippen LogP contribution in [0.3, 0.4) is 0 Å². The van der Waals surface area contributed by atoms with Gasteiger partial charge in [0.05, 0.1) is 11.4 Å². The van der Waals surface area contributed by atoms with Crippen LogP contribution in [0.2, 0.25) is 0 Å². The zero-order valence-electron chi connectivity index (χ0n) is 13.1. The molecule has 8 heteroatoms. The molecule has 2 aromatic heterocycles. The van der Waals surface area contributed by atoms with Crippen LogP contribution >= 0.6 is 23.1 Å². The Labute approximate surface area is 147 Å². The van der Waals surface area contributed by atoms with Gasteiger partial charge in [-0.3, -0.25) is 9.69 Å². The molecule has 0 saturated carbocycles. The molecule has 0 fully saturated rings. The maximum Gasteiger partial charge on any atom is 0.230 e. The first-order chi connectivity index (χ1) is 11.6. The van der Waals surface area contributed by atoms with Crippen molar-refractivity contribution < 1.29 is 9.18 Å². The number of anilines is 2. The van der Waals surface area contributed by atoms with E-state index in [2.05, 4.69) is 9.97 Å². The lowest BCUT2D eigenvalue weighted by Gasteiger charge is -2.18. The molecule has 0 atom stereocenters. The number of para-hydroxylation sites is 1. The van der Waals surface area contributed by atoms with Crippen LogP contribution in [-0.4, -0.2) is 20.4 Å². The number of rotatable bonds is 5. The SMILES string of the molecule is CC(=O)N(c1nc(CSc2nccn2C)cs1)c1ccccc1F. The third-order valence-corrected chi connectivity index (χ3v) is 5.23. The van der Waals surface area contributed by atoms with Gasteiger partial charge in [0.15, 0.2) is 10.3 Å². The van der Waals surface area contributed by atoms with Gasteiger partial charge in [0.2, 0.25) is 5.91 Å². The molecule has 0 aliphatic rings. The van der Waals surface area contributed by atoms with Crippen molar-refractivity contribution in [2.24, 2.45) is 7.05 Å². The second-order valence-corrected chi connectivity index (χ2v) is 6.82. The number of hydrogen-bond acceptors (Lipinski definition) is 5. The highest BCUT2D eigenvalue weighted by Crippen LogP contribution is 2.32. The van der Waals surface area contributed by atoms with Crippen molar-refractivity contribution in [3.05, 3.63) is 53.6 Å². The number of carbonyl (C=O) groups excluding carboxylic acids is 1. The predicted molar refractivity (Wildman–Crippen MR) is 94.1 cm³/mol. The van der Waals surface area contributed by atoms with Crippen LogP contribution < -0.4 is 4.90 Å². The van der Waals surface area contributed by atoms with Crippen LogP contribution in [0.4, 0.5) is 15.2 Å². The Morgan fingerprint density at radius 3 is 2.88 bits per heavy atom. The molecule has 1 amide bonds. The van der Waals surface area contributed by atoms with Gasteiger partial charge in [-0.25, -0.2) is 14.4 Å². The van der Waals surface area contributed by atoms with Gasteiger partial charge < -0.3 is 4.57 Å². The summed E-state index contributed by atoms with van der Waals surface area (Å²) < 4.78 is 16.0. The molecule has 2 heterocycles. The number of halogens is 1. The average molecular weight is 362 g/mol. The Hall–Kier alpha value is -2.19. The van der Waals surface area contributed by atoms with Gasteiger partial charge in [0, 0.05) is 37.5 Å². The van der Waals surface area contributed by atoms with Crippen LogP contribution in [-0.2, 0) is 17.6 Å². The topological polar surface area (TPSA) is 51.0 Å². The molecule has 0 aliphatic carbocycles. The lowest BCUT2D eigenvalue weighted by Crippen LogP contribution is -2.23. The quantitative estimate of drug-likeness (QED) is 0.644. The van der Waals surface area contributed by atoms with Crippen LogP contribution in [0.15, 0.2) is 47.2 Å². The second kappa shape index (κ2) is 7.14. The van der Waals surface area contributed by atoms with Crippen molar-refractivity contribution in [1.82, 2.24) is 14.5 Å². The fourth-order valence-corrected chi connectivity index (χ4v) is 3.95. The number of benzene rings is 1. The molecule has 0 aliphatic heterocycles. The Kier molecular flexibility index (Phi) is 4.96. The Bertz CT molecular complexity index is 861. The van der Waals surface area contributed by atoms with Gasteiger partial charge in [-0.2, -0.15) is 0 Å². The van der Waals surface area contributed by atoms with E-state index in [-0.39, 0.29) is 11.6 Å². The van der Waals surface area contributed by atoms with Gasteiger partial charge in [-0.15, -0.1) is 11.3 Å². The van der Waals surface area contributed by atoms with E-state index in [0.29, 0.717) is 10.9 Å². The minimum atomic E-state index is -0.452. The first kappa shape index (κ1) is 16.7. The fourth-order valence-electron chi connectivity index (χ4n) is 2.14. The standard InChI is InChI=1S/C16H15FN4OS2/c1-11(22)21(14-6-4-3-5-13(14)17)16-19-12(10-24-16)9-23-15-18-7-8-20(15)2/h3-8,10H,9H2,1-2H3. The summed E-state index contributed by atoms with van der Waals surface area (Å²) in [5.74, 6) is -0.103. The fraction of sp³-hybridized carbons (Fsp3) is 0.188. The molecule has 0 spiro atoms. The van der Waals surface area contributed by atoms with Gasteiger partial charge in [-0.05, 0) is 12.1 Å². The molecule has 0 radical (unpaired) electrons. The molecule has 124 valence electrons. The molecule has 5 nitrogen and oxygen atoms in total. The van der Waals surface area contributed by atoms with Crippen molar-refractivity contribution in [3.63, 3.8) is 0 Å². The van der Waals surface area contributed by atoms with Crippen LogP contribution in [0.5, 0.6) is 0 Å². The molecule has 1 aromatic carbocycles. The second-order valence-electron chi connectivity index (χ2n) is 5.04.